The quantitative estimate of drug-likeness (QED) is 0.404. The Morgan fingerprint density at radius 1 is 1.50 bits per heavy atom. The second-order valence-corrected chi connectivity index (χ2v) is 1.00. The van der Waals surface area contributed by atoms with Crippen molar-refractivity contribution in [2.24, 2.45) is 0 Å². The van der Waals surface area contributed by atoms with Gasteiger partial charge in [0.15, 0.2) is 0 Å². The molecule has 0 unspecified atom stereocenters. The van der Waals surface area contributed by atoms with Gasteiger partial charge in [-0.2, -0.15) is 13.0 Å². The first-order valence-electron chi connectivity index (χ1n) is 2.42. The maximum absolute atomic E-state index is 3.25. The van der Waals surface area contributed by atoms with Crippen LogP contribution in [0.15, 0.2) is 18.2 Å². The van der Waals surface area contributed by atoms with E-state index >= 15 is 0 Å². The predicted molar refractivity (Wildman–Crippen MR) is 35.4 cm³/mol. The summed E-state index contributed by atoms with van der Waals surface area (Å²) in [7, 11) is 0. The summed E-state index contributed by atoms with van der Waals surface area (Å²) < 4.78 is 0. The van der Waals surface area contributed by atoms with Crippen LogP contribution in [0.5, 0.6) is 0 Å². The molecule has 0 saturated carbocycles. The van der Waals surface area contributed by atoms with E-state index in [2.05, 4.69) is 19.1 Å². The number of allylic oxidation sites excluding steroid dienone is 4. The number of hydrogen-bond acceptors (Lipinski definition) is 0. The third-order valence-electron chi connectivity index (χ3n) is 0.586. The molecule has 8 heavy (non-hydrogen) atoms. The molecule has 0 bridgehead atoms. The first-order valence-corrected chi connectivity index (χ1v) is 2.42. The van der Waals surface area contributed by atoms with E-state index in [1.54, 1.807) is 6.92 Å². The van der Waals surface area contributed by atoms with E-state index in [9.17, 15) is 0 Å². The molecule has 0 atom stereocenters. The molecule has 0 N–H and O–H groups in total. The molecule has 0 amide bonds. The van der Waals surface area contributed by atoms with Gasteiger partial charge in [0.1, 0.15) is 0 Å². The van der Waals surface area contributed by atoms with Gasteiger partial charge in [-0.3, -0.25) is 6.08 Å². The fourth-order valence-corrected chi connectivity index (χ4v) is 0.340. The van der Waals surface area contributed by atoms with Gasteiger partial charge in [0, 0.05) is 0 Å². The second-order valence-electron chi connectivity index (χ2n) is 1.00. The van der Waals surface area contributed by atoms with E-state index in [1.165, 1.54) is 0 Å². The van der Waals surface area contributed by atoms with Crippen LogP contribution < -0.4 is 0 Å². The molecule has 48 valence electrons. The van der Waals surface area contributed by atoms with Crippen LogP contribution in [0.1, 0.15) is 13.3 Å². The minimum atomic E-state index is 0. The zero-order valence-corrected chi connectivity index (χ0v) is 7.60. The summed E-state index contributed by atoms with van der Waals surface area (Å²) in [5.74, 6) is 0. The molecule has 1 aliphatic carbocycles. The van der Waals surface area contributed by atoms with E-state index < -0.39 is 0 Å². The average Bonchev–Trinajstić information content (AvgIpc) is 2.23. The second kappa shape index (κ2) is 10.2. The van der Waals surface area contributed by atoms with Gasteiger partial charge < -0.3 is 6.92 Å². The Morgan fingerprint density at radius 2 is 2.12 bits per heavy atom. The molecule has 0 aliphatic heterocycles. The third kappa shape index (κ3) is 6.17. The Kier molecular flexibility index (Phi) is 14.1. The molecule has 0 fully saturated rings. The van der Waals surface area contributed by atoms with Crippen molar-refractivity contribution >= 4 is 0 Å². The minimum absolute atomic E-state index is 0. The molecule has 0 spiro atoms. The molecule has 0 radical (unpaired) electrons. The van der Waals surface area contributed by atoms with Crippen molar-refractivity contribution in [2.45, 2.75) is 13.3 Å². The summed E-state index contributed by atoms with van der Waals surface area (Å²) in [5.41, 5.74) is 0. The van der Waals surface area contributed by atoms with Crippen molar-refractivity contribution in [1.29, 1.82) is 0 Å². The van der Waals surface area contributed by atoms with Gasteiger partial charge in [-0.15, -0.1) is 6.42 Å². The Hall–Kier alpha value is 0.168. The number of hydrogen-bond donors (Lipinski definition) is 0. The summed E-state index contributed by atoms with van der Waals surface area (Å²) in [6.07, 6.45) is 10.0. The van der Waals surface area contributed by atoms with Crippen molar-refractivity contribution in [3.8, 4) is 0 Å². The van der Waals surface area contributed by atoms with Gasteiger partial charge in [-0.1, -0.05) is 0 Å². The fraction of sp³-hybridized carbons (Fsp3) is 0.286. The fourth-order valence-electron chi connectivity index (χ4n) is 0.340. The van der Waals surface area contributed by atoms with Crippen molar-refractivity contribution in [3.05, 3.63) is 31.2 Å². The predicted octanol–water partition coefficient (Wildman–Crippen LogP) is 1.61. The van der Waals surface area contributed by atoms with E-state index in [0.717, 1.165) is 6.42 Å². The summed E-state index contributed by atoms with van der Waals surface area (Å²) >= 11 is 0. The third-order valence-corrected chi connectivity index (χ3v) is 0.586. The zero-order chi connectivity index (χ0) is 5.54. The Balaban J connectivity index is 0. The first-order chi connectivity index (χ1) is 3.50. The topological polar surface area (TPSA) is 0 Å². The first kappa shape index (κ1) is 11.0. The van der Waals surface area contributed by atoms with Gasteiger partial charge in [0.25, 0.3) is 0 Å². The SMILES string of the molecule is [C-]1=CC=CC1.[CH2-]C.[MoH2]. The van der Waals surface area contributed by atoms with Crippen molar-refractivity contribution < 1.29 is 21.1 Å². The van der Waals surface area contributed by atoms with Gasteiger partial charge in [0.05, 0.1) is 0 Å². The van der Waals surface area contributed by atoms with E-state index in [1.807, 2.05) is 12.2 Å². The molecule has 0 heterocycles. The van der Waals surface area contributed by atoms with E-state index in [4.69, 9.17) is 0 Å². The molecule has 0 nitrogen and oxygen atoms in total. The number of rotatable bonds is 0. The Morgan fingerprint density at radius 3 is 2.25 bits per heavy atom. The van der Waals surface area contributed by atoms with Crippen LogP contribution in [0.4, 0.5) is 0 Å². The maximum atomic E-state index is 3.25. The monoisotopic (exact) mass is 194 g/mol. The molecular formula is C7H12Mo-2. The van der Waals surface area contributed by atoms with Crippen LogP contribution in [0.2, 0.25) is 0 Å². The van der Waals surface area contributed by atoms with Crippen LogP contribution in [0.25, 0.3) is 0 Å². The molecule has 1 rings (SSSR count). The van der Waals surface area contributed by atoms with Crippen LogP contribution in [-0.4, -0.2) is 0 Å². The molecule has 0 aromatic carbocycles. The van der Waals surface area contributed by atoms with Crippen LogP contribution >= 0.6 is 0 Å². The summed E-state index contributed by atoms with van der Waals surface area (Å²) in [6.45, 7) is 5.00. The average molecular weight is 192 g/mol. The van der Waals surface area contributed by atoms with Gasteiger partial charge in [-0.05, 0) is 0 Å². The van der Waals surface area contributed by atoms with Gasteiger partial charge >= 0.3 is 21.1 Å². The molecule has 0 aromatic rings. The molecule has 1 heteroatoms. The summed E-state index contributed by atoms with van der Waals surface area (Å²) in [6, 6.07) is 0. The normalized spacial score (nSPS) is 11.8. The van der Waals surface area contributed by atoms with Crippen molar-refractivity contribution in [2.75, 3.05) is 0 Å². The standard InChI is InChI=1S/C5H5.C2H5.Mo.2H/c1-2-4-5-3-1;1-2;;;/h1-3H,4H2;1H2,2H3;;;/q2*-1;;;. The molecule has 0 saturated heterocycles. The van der Waals surface area contributed by atoms with Crippen molar-refractivity contribution in [1.82, 2.24) is 0 Å². The van der Waals surface area contributed by atoms with Crippen LogP contribution in [0, 0.1) is 13.0 Å². The Bertz CT molecular complexity index is 62.5. The molecular weight excluding hydrogens is 180 g/mol. The van der Waals surface area contributed by atoms with E-state index in [-0.39, 0.29) is 21.1 Å². The Labute approximate surface area is 65.9 Å². The van der Waals surface area contributed by atoms with Crippen LogP contribution in [0.3, 0.4) is 0 Å². The van der Waals surface area contributed by atoms with Crippen LogP contribution in [-0.2, 0) is 21.1 Å². The van der Waals surface area contributed by atoms with E-state index in [0.29, 0.717) is 0 Å². The molecule has 1 aliphatic rings. The van der Waals surface area contributed by atoms with Crippen molar-refractivity contribution in [3.63, 3.8) is 0 Å². The summed E-state index contributed by atoms with van der Waals surface area (Å²) in [4.78, 5) is 0. The zero-order valence-electron chi connectivity index (χ0n) is 5.15. The van der Waals surface area contributed by atoms with Gasteiger partial charge in [-0.25, -0.2) is 12.2 Å². The molecule has 0 aromatic heterocycles. The van der Waals surface area contributed by atoms with Gasteiger partial charge in [0.2, 0.25) is 0 Å². The summed E-state index contributed by atoms with van der Waals surface area (Å²) in [5, 5.41) is 0.